The maximum Gasteiger partial charge on any atom is 0.330 e. The van der Waals surface area contributed by atoms with Crippen molar-refractivity contribution in [3.8, 4) is 0 Å². The van der Waals surface area contributed by atoms with Crippen LogP contribution in [0.3, 0.4) is 0 Å². The van der Waals surface area contributed by atoms with Gasteiger partial charge in [-0.25, -0.2) is 8.78 Å². The first-order valence-corrected chi connectivity index (χ1v) is 4.92. The first kappa shape index (κ1) is 12.7. The fraction of sp³-hybridized carbons (Fsp3) is 1.00. The van der Waals surface area contributed by atoms with E-state index in [2.05, 4.69) is 5.32 Å². The van der Waals surface area contributed by atoms with E-state index >= 15 is 0 Å². The second kappa shape index (κ2) is 5.12. The van der Waals surface area contributed by atoms with E-state index in [-0.39, 0.29) is 12.1 Å². The highest BCUT2D eigenvalue weighted by Gasteiger charge is 2.42. The van der Waals surface area contributed by atoms with E-state index in [9.17, 15) is 17.6 Å². The van der Waals surface area contributed by atoms with Gasteiger partial charge in [0.25, 0.3) is 0 Å². The Bertz CT molecular complexity index is 201. The highest BCUT2D eigenvalue weighted by molar-refractivity contribution is 4.83. The van der Waals surface area contributed by atoms with Crippen molar-refractivity contribution in [2.24, 2.45) is 0 Å². The van der Waals surface area contributed by atoms with Gasteiger partial charge in [0.1, 0.15) is 6.61 Å². The molecule has 0 amide bonds. The molecule has 2 atom stereocenters. The molecular formula is C9H15F4NO. The molecule has 90 valence electrons. The number of hydrogen-bond acceptors (Lipinski definition) is 2. The van der Waals surface area contributed by atoms with Crippen molar-refractivity contribution in [3.05, 3.63) is 0 Å². The van der Waals surface area contributed by atoms with Crippen LogP contribution in [0, 0.1) is 0 Å². The number of nitrogens with one attached hydrogen (secondary N) is 1. The molecule has 1 fully saturated rings. The van der Waals surface area contributed by atoms with Crippen LogP contribution in [-0.2, 0) is 4.74 Å². The monoisotopic (exact) mass is 229 g/mol. The number of halogens is 4. The lowest BCUT2D eigenvalue weighted by atomic mass is 10.2. The largest absolute Gasteiger partial charge is 0.370 e. The van der Waals surface area contributed by atoms with Crippen LogP contribution >= 0.6 is 0 Å². The summed E-state index contributed by atoms with van der Waals surface area (Å²) >= 11 is 0. The van der Waals surface area contributed by atoms with Crippen molar-refractivity contribution >= 4 is 0 Å². The van der Waals surface area contributed by atoms with E-state index < -0.39 is 19.0 Å². The van der Waals surface area contributed by atoms with Crippen LogP contribution in [0.15, 0.2) is 0 Å². The van der Waals surface area contributed by atoms with Gasteiger partial charge < -0.3 is 10.1 Å². The molecule has 2 nitrogen and oxygen atoms in total. The Morgan fingerprint density at radius 2 is 2.07 bits per heavy atom. The number of rotatable bonds is 5. The zero-order valence-electron chi connectivity index (χ0n) is 8.48. The first-order chi connectivity index (χ1) is 6.97. The summed E-state index contributed by atoms with van der Waals surface area (Å²) in [5.74, 6) is -4.04. The van der Waals surface area contributed by atoms with E-state index in [4.69, 9.17) is 4.74 Å². The van der Waals surface area contributed by atoms with Gasteiger partial charge >= 0.3 is 12.3 Å². The summed E-state index contributed by atoms with van der Waals surface area (Å²) < 4.78 is 53.6. The highest BCUT2D eigenvalue weighted by atomic mass is 19.3. The molecule has 1 saturated carbocycles. The number of hydrogen-bond donors (Lipinski definition) is 1. The lowest BCUT2D eigenvalue weighted by Crippen LogP contribution is -2.40. The molecule has 6 heteroatoms. The molecule has 0 aliphatic heterocycles. The predicted octanol–water partition coefficient (Wildman–Crippen LogP) is 2.04. The Labute approximate surface area is 86.0 Å². The van der Waals surface area contributed by atoms with E-state index in [0.29, 0.717) is 6.42 Å². The smallest absolute Gasteiger partial charge is 0.330 e. The summed E-state index contributed by atoms with van der Waals surface area (Å²) in [6.07, 6.45) is -1.69. The molecule has 1 aliphatic rings. The van der Waals surface area contributed by atoms with E-state index in [1.165, 1.54) is 0 Å². The predicted molar refractivity (Wildman–Crippen MR) is 47.4 cm³/mol. The molecule has 0 aromatic heterocycles. The summed E-state index contributed by atoms with van der Waals surface area (Å²) in [5.41, 5.74) is 0. The fourth-order valence-corrected chi connectivity index (χ4v) is 1.74. The van der Waals surface area contributed by atoms with Gasteiger partial charge in [-0.1, -0.05) is 0 Å². The van der Waals surface area contributed by atoms with Gasteiger partial charge in [0, 0.05) is 6.04 Å². The Kier molecular flexibility index (Phi) is 4.33. The third kappa shape index (κ3) is 3.31. The molecule has 0 aromatic carbocycles. The van der Waals surface area contributed by atoms with E-state index in [0.717, 1.165) is 12.8 Å². The zero-order chi connectivity index (χ0) is 11.5. The Balaban J connectivity index is 2.36. The summed E-state index contributed by atoms with van der Waals surface area (Å²) in [7, 11) is 1.71. The maximum absolute atomic E-state index is 12.5. The molecule has 1 N–H and O–H groups in total. The van der Waals surface area contributed by atoms with Crippen LogP contribution in [0.5, 0.6) is 0 Å². The van der Waals surface area contributed by atoms with Crippen LogP contribution in [0.2, 0.25) is 0 Å². The van der Waals surface area contributed by atoms with Crippen molar-refractivity contribution in [1.29, 1.82) is 0 Å². The quantitative estimate of drug-likeness (QED) is 0.728. The van der Waals surface area contributed by atoms with E-state index in [1.54, 1.807) is 7.05 Å². The van der Waals surface area contributed by atoms with Crippen LogP contribution in [0.4, 0.5) is 17.6 Å². The third-order valence-corrected chi connectivity index (χ3v) is 2.63. The topological polar surface area (TPSA) is 21.3 Å². The van der Waals surface area contributed by atoms with Gasteiger partial charge in [0.2, 0.25) is 0 Å². The number of likely N-dealkylation sites (N-methyl/N-ethyl adjacent to an activating group) is 1. The lowest BCUT2D eigenvalue weighted by molar-refractivity contribution is -0.177. The van der Waals surface area contributed by atoms with E-state index in [1.807, 2.05) is 0 Å². The second-order valence-corrected chi connectivity index (χ2v) is 3.74. The average molecular weight is 229 g/mol. The van der Waals surface area contributed by atoms with Crippen molar-refractivity contribution in [2.75, 3.05) is 13.7 Å². The minimum Gasteiger partial charge on any atom is -0.370 e. The molecule has 0 spiro atoms. The minimum absolute atomic E-state index is 0.00141. The lowest BCUT2D eigenvalue weighted by Gasteiger charge is -2.22. The van der Waals surface area contributed by atoms with Gasteiger partial charge in [-0.05, 0) is 26.3 Å². The molecule has 0 aromatic rings. The molecule has 0 heterocycles. The average Bonchev–Trinajstić information content (AvgIpc) is 2.61. The molecular weight excluding hydrogens is 214 g/mol. The summed E-state index contributed by atoms with van der Waals surface area (Å²) in [6.45, 7) is -1.20. The molecule has 1 rings (SSSR count). The van der Waals surface area contributed by atoms with Crippen molar-refractivity contribution in [2.45, 2.75) is 43.8 Å². The van der Waals surface area contributed by atoms with Crippen LogP contribution in [0.25, 0.3) is 0 Å². The Morgan fingerprint density at radius 3 is 2.60 bits per heavy atom. The van der Waals surface area contributed by atoms with Crippen LogP contribution < -0.4 is 5.32 Å². The summed E-state index contributed by atoms with van der Waals surface area (Å²) in [6, 6.07) is -0.00141. The van der Waals surface area contributed by atoms with Gasteiger partial charge in [-0.3, -0.25) is 0 Å². The SMILES string of the molecule is CNC1CCCC1OCC(F)(F)C(F)F. The second-order valence-electron chi connectivity index (χ2n) is 3.74. The third-order valence-electron chi connectivity index (χ3n) is 2.63. The zero-order valence-corrected chi connectivity index (χ0v) is 8.48. The van der Waals surface area contributed by atoms with Gasteiger partial charge in [0.05, 0.1) is 6.10 Å². The standard InChI is InChI=1S/C9H15F4NO/c1-14-6-3-2-4-7(6)15-5-9(12,13)8(10)11/h6-8,14H,2-5H2,1H3. The van der Waals surface area contributed by atoms with Gasteiger partial charge in [-0.15, -0.1) is 0 Å². The van der Waals surface area contributed by atoms with Crippen molar-refractivity contribution in [1.82, 2.24) is 5.32 Å². The highest BCUT2D eigenvalue weighted by Crippen LogP contribution is 2.27. The minimum atomic E-state index is -4.04. The van der Waals surface area contributed by atoms with Gasteiger partial charge in [-0.2, -0.15) is 8.78 Å². The van der Waals surface area contributed by atoms with Gasteiger partial charge in [0.15, 0.2) is 0 Å². The normalized spacial score (nSPS) is 27.6. The van der Waals surface area contributed by atoms with Crippen molar-refractivity contribution in [3.63, 3.8) is 0 Å². The van der Waals surface area contributed by atoms with Crippen LogP contribution in [0.1, 0.15) is 19.3 Å². The molecule has 2 unspecified atom stereocenters. The summed E-state index contributed by atoms with van der Waals surface area (Å²) in [4.78, 5) is 0. The molecule has 0 saturated heterocycles. The Morgan fingerprint density at radius 1 is 1.40 bits per heavy atom. The van der Waals surface area contributed by atoms with Crippen LogP contribution in [-0.4, -0.2) is 38.1 Å². The molecule has 15 heavy (non-hydrogen) atoms. The molecule has 0 bridgehead atoms. The maximum atomic E-state index is 12.5. The molecule has 1 aliphatic carbocycles. The fourth-order valence-electron chi connectivity index (χ4n) is 1.74. The number of ether oxygens (including phenoxy) is 1. The van der Waals surface area contributed by atoms with Crippen molar-refractivity contribution < 1.29 is 22.3 Å². The Hall–Kier alpha value is -0.360. The summed E-state index contributed by atoms with van der Waals surface area (Å²) in [5, 5.41) is 2.92. The number of alkyl halides is 4. The first-order valence-electron chi connectivity index (χ1n) is 4.92. The molecule has 0 radical (unpaired) electrons.